The van der Waals surface area contributed by atoms with Gasteiger partial charge in [-0.2, -0.15) is 0 Å². The van der Waals surface area contributed by atoms with Gasteiger partial charge in [-0.15, -0.1) is 11.3 Å². The van der Waals surface area contributed by atoms with Crippen molar-refractivity contribution in [3.63, 3.8) is 0 Å². The maximum absolute atomic E-state index is 12.7. The van der Waals surface area contributed by atoms with E-state index in [2.05, 4.69) is 42.8 Å². The van der Waals surface area contributed by atoms with Gasteiger partial charge in [0.05, 0.1) is 0 Å². The third-order valence-electron chi connectivity index (χ3n) is 4.66. The van der Waals surface area contributed by atoms with E-state index >= 15 is 0 Å². The average Bonchev–Trinajstić information content (AvgIpc) is 3.15. The van der Waals surface area contributed by atoms with Crippen molar-refractivity contribution in [1.29, 1.82) is 0 Å². The van der Waals surface area contributed by atoms with Crippen LogP contribution in [-0.4, -0.2) is 48.1 Å². The Bertz CT molecular complexity index is 715. The van der Waals surface area contributed by atoms with Crippen molar-refractivity contribution >= 4 is 22.4 Å². The normalized spacial score (nSPS) is 16.5. The van der Waals surface area contributed by atoms with Crippen molar-refractivity contribution in [2.75, 3.05) is 31.1 Å². The highest BCUT2D eigenvalue weighted by atomic mass is 32.1. The highest BCUT2D eigenvalue weighted by Crippen LogP contribution is 2.25. The summed E-state index contributed by atoms with van der Waals surface area (Å²) in [5.41, 5.74) is 1.36. The van der Waals surface area contributed by atoms with E-state index in [0.29, 0.717) is 13.1 Å². The van der Waals surface area contributed by atoms with Gasteiger partial charge in [0.1, 0.15) is 5.75 Å². The smallest absolute Gasteiger partial charge is 0.263 e. The molecule has 2 aromatic rings. The lowest BCUT2D eigenvalue weighted by molar-refractivity contribution is -0.138. The summed E-state index contributed by atoms with van der Waals surface area (Å²) >= 11 is 1.64. The number of hydrogen-bond donors (Lipinski definition) is 0. The number of aromatic nitrogens is 1. The van der Waals surface area contributed by atoms with Gasteiger partial charge in [0.25, 0.3) is 5.91 Å². The third kappa shape index (κ3) is 4.36. The molecular formula is C20H27N3O2S. The number of carbonyl (C=O) groups excluding carboxylic acids is 1. The Labute approximate surface area is 159 Å². The quantitative estimate of drug-likeness (QED) is 0.822. The average molecular weight is 374 g/mol. The van der Waals surface area contributed by atoms with Crippen LogP contribution in [0.4, 0.5) is 5.13 Å². The van der Waals surface area contributed by atoms with Crippen LogP contribution in [0.5, 0.6) is 5.75 Å². The van der Waals surface area contributed by atoms with Crippen LogP contribution in [0.2, 0.25) is 0 Å². The Morgan fingerprint density at radius 3 is 2.35 bits per heavy atom. The zero-order valence-electron chi connectivity index (χ0n) is 15.9. The van der Waals surface area contributed by atoms with E-state index in [9.17, 15) is 4.79 Å². The van der Waals surface area contributed by atoms with Crippen LogP contribution in [0, 0.1) is 0 Å². The van der Waals surface area contributed by atoms with Gasteiger partial charge in [0, 0.05) is 37.8 Å². The molecule has 1 aromatic carbocycles. The van der Waals surface area contributed by atoms with Gasteiger partial charge < -0.3 is 14.5 Å². The predicted molar refractivity (Wildman–Crippen MR) is 106 cm³/mol. The van der Waals surface area contributed by atoms with Gasteiger partial charge in [-0.3, -0.25) is 4.79 Å². The van der Waals surface area contributed by atoms with Crippen molar-refractivity contribution in [3.8, 4) is 5.75 Å². The Morgan fingerprint density at radius 1 is 1.15 bits per heavy atom. The number of rotatable bonds is 4. The van der Waals surface area contributed by atoms with Crippen LogP contribution in [0.1, 0.15) is 33.3 Å². The molecule has 0 bridgehead atoms. The van der Waals surface area contributed by atoms with Crippen molar-refractivity contribution in [3.05, 3.63) is 41.4 Å². The Morgan fingerprint density at radius 2 is 1.81 bits per heavy atom. The Kier molecular flexibility index (Phi) is 5.51. The zero-order chi connectivity index (χ0) is 18.7. The zero-order valence-corrected chi connectivity index (χ0v) is 16.8. The first-order valence-corrected chi connectivity index (χ1v) is 9.93. The topological polar surface area (TPSA) is 45.7 Å². The molecule has 2 heterocycles. The van der Waals surface area contributed by atoms with Gasteiger partial charge in [-0.05, 0) is 30.0 Å². The second-order valence-electron chi connectivity index (χ2n) is 7.66. The first kappa shape index (κ1) is 18.7. The predicted octanol–water partition coefficient (Wildman–Crippen LogP) is 3.56. The van der Waals surface area contributed by atoms with Gasteiger partial charge in [0.2, 0.25) is 0 Å². The number of carbonyl (C=O) groups is 1. The number of anilines is 1. The van der Waals surface area contributed by atoms with Gasteiger partial charge in [-0.1, -0.05) is 32.9 Å². The standard InChI is InChI=1S/C20H27N3O2S/c1-15(25-17-7-5-16(6-8-17)20(2,3)4)18(24)22-10-12-23(13-11-22)19-21-9-14-26-19/h5-9,14-15H,10-13H2,1-4H3/t15-/m0/s1. The minimum absolute atomic E-state index is 0.0451. The van der Waals surface area contributed by atoms with Crippen LogP contribution in [0.25, 0.3) is 0 Å². The highest BCUT2D eigenvalue weighted by Gasteiger charge is 2.27. The molecule has 1 amide bonds. The molecule has 1 atom stereocenters. The van der Waals surface area contributed by atoms with Crippen molar-refractivity contribution < 1.29 is 9.53 Å². The van der Waals surface area contributed by atoms with Crippen LogP contribution in [0.15, 0.2) is 35.8 Å². The molecule has 5 nitrogen and oxygen atoms in total. The number of ether oxygens (including phenoxy) is 1. The summed E-state index contributed by atoms with van der Waals surface area (Å²) in [5, 5.41) is 3.01. The van der Waals surface area contributed by atoms with E-state index in [4.69, 9.17) is 4.74 Å². The molecule has 1 aromatic heterocycles. The first-order valence-electron chi connectivity index (χ1n) is 9.05. The summed E-state index contributed by atoms with van der Waals surface area (Å²) in [7, 11) is 0. The molecule has 1 aliphatic heterocycles. The molecule has 0 N–H and O–H groups in total. The van der Waals surface area contributed by atoms with E-state index in [1.54, 1.807) is 11.3 Å². The molecule has 1 aliphatic rings. The summed E-state index contributed by atoms with van der Waals surface area (Å²) in [6.07, 6.45) is 1.33. The fourth-order valence-corrected chi connectivity index (χ4v) is 3.73. The molecule has 3 rings (SSSR count). The number of hydrogen-bond acceptors (Lipinski definition) is 5. The Hall–Kier alpha value is -2.08. The molecule has 26 heavy (non-hydrogen) atoms. The molecule has 0 aliphatic carbocycles. The number of thiazole rings is 1. The molecule has 1 saturated heterocycles. The SMILES string of the molecule is C[C@H](Oc1ccc(C(C)(C)C)cc1)C(=O)N1CCN(c2nccs2)CC1. The van der Waals surface area contributed by atoms with Crippen LogP contribution in [-0.2, 0) is 10.2 Å². The fourth-order valence-electron chi connectivity index (χ4n) is 3.04. The van der Waals surface area contributed by atoms with Gasteiger partial charge in [0.15, 0.2) is 11.2 Å². The van der Waals surface area contributed by atoms with Crippen LogP contribution >= 0.6 is 11.3 Å². The lowest BCUT2D eigenvalue weighted by Gasteiger charge is -2.35. The number of benzene rings is 1. The molecule has 6 heteroatoms. The van der Waals surface area contributed by atoms with Crippen molar-refractivity contribution in [2.45, 2.75) is 39.2 Å². The Balaban J connectivity index is 1.53. The minimum atomic E-state index is -0.484. The van der Waals surface area contributed by atoms with E-state index in [1.165, 1.54) is 5.56 Å². The summed E-state index contributed by atoms with van der Waals surface area (Å²) in [5.74, 6) is 0.781. The van der Waals surface area contributed by atoms with Crippen LogP contribution < -0.4 is 9.64 Å². The van der Waals surface area contributed by atoms with E-state index in [-0.39, 0.29) is 11.3 Å². The molecular weight excluding hydrogens is 346 g/mol. The van der Waals surface area contributed by atoms with E-state index in [0.717, 1.165) is 24.0 Å². The van der Waals surface area contributed by atoms with E-state index < -0.39 is 6.10 Å². The summed E-state index contributed by atoms with van der Waals surface area (Å²) in [6, 6.07) is 8.04. The molecule has 0 spiro atoms. The summed E-state index contributed by atoms with van der Waals surface area (Å²) < 4.78 is 5.88. The van der Waals surface area contributed by atoms with Crippen molar-refractivity contribution in [2.24, 2.45) is 0 Å². The highest BCUT2D eigenvalue weighted by molar-refractivity contribution is 7.13. The first-order chi connectivity index (χ1) is 12.3. The van der Waals surface area contributed by atoms with E-state index in [1.807, 2.05) is 35.5 Å². The monoisotopic (exact) mass is 373 g/mol. The maximum atomic E-state index is 12.7. The molecule has 1 fully saturated rings. The van der Waals surface area contributed by atoms with Crippen LogP contribution in [0.3, 0.4) is 0 Å². The van der Waals surface area contributed by atoms with Gasteiger partial charge >= 0.3 is 0 Å². The second kappa shape index (κ2) is 7.66. The minimum Gasteiger partial charge on any atom is -0.481 e. The maximum Gasteiger partial charge on any atom is 0.263 e. The molecule has 0 saturated carbocycles. The second-order valence-corrected chi connectivity index (χ2v) is 8.53. The van der Waals surface area contributed by atoms with Crippen molar-refractivity contribution in [1.82, 2.24) is 9.88 Å². The molecule has 140 valence electrons. The number of amides is 1. The molecule has 0 radical (unpaired) electrons. The summed E-state index contributed by atoms with van der Waals surface area (Å²) in [4.78, 5) is 21.1. The number of nitrogens with zero attached hydrogens (tertiary/aromatic N) is 3. The lowest BCUT2D eigenvalue weighted by atomic mass is 9.87. The summed E-state index contributed by atoms with van der Waals surface area (Å²) in [6.45, 7) is 11.4. The van der Waals surface area contributed by atoms with Gasteiger partial charge in [-0.25, -0.2) is 4.98 Å². The lowest BCUT2D eigenvalue weighted by Crippen LogP contribution is -2.52. The largest absolute Gasteiger partial charge is 0.481 e. The molecule has 0 unspecified atom stereocenters. The third-order valence-corrected chi connectivity index (χ3v) is 5.49. The number of piperazine rings is 1. The fraction of sp³-hybridized carbons (Fsp3) is 0.500.